The second kappa shape index (κ2) is 7.46. The predicted molar refractivity (Wildman–Crippen MR) is 98.1 cm³/mol. The van der Waals surface area contributed by atoms with E-state index in [9.17, 15) is 4.79 Å². The average molecular weight is 357 g/mol. The molecule has 3 rings (SSSR count). The van der Waals surface area contributed by atoms with Gasteiger partial charge in [-0.2, -0.15) is 0 Å². The highest BCUT2D eigenvalue weighted by molar-refractivity contribution is 7.98. The number of rotatable bonds is 5. The average Bonchev–Trinajstić information content (AvgIpc) is 3.12. The lowest BCUT2D eigenvalue weighted by atomic mass is 10.1. The van der Waals surface area contributed by atoms with Crippen molar-refractivity contribution < 1.29 is 9.53 Å². The molecule has 2 aromatic carbocycles. The summed E-state index contributed by atoms with van der Waals surface area (Å²) in [7, 11) is 1.61. The second-order valence-electron chi connectivity index (χ2n) is 4.87. The number of aromatic nitrogens is 2. The van der Waals surface area contributed by atoms with Crippen LogP contribution in [0, 0.1) is 0 Å². The largest absolute Gasteiger partial charge is 0.497 e. The van der Waals surface area contributed by atoms with Gasteiger partial charge in [0.25, 0.3) is 5.91 Å². The third-order valence-corrected chi connectivity index (χ3v) is 4.84. The lowest BCUT2D eigenvalue weighted by Crippen LogP contribution is -2.11. The molecule has 7 heteroatoms. The molecule has 0 aliphatic heterocycles. The first-order valence-electron chi connectivity index (χ1n) is 7.13. The van der Waals surface area contributed by atoms with Crippen molar-refractivity contribution in [3.63, 3.8) is 0 Å². The molecule has 1 aromatic heterocycles. The van der Waals surface area contributed by atoms with Crippen molar-refractivity contribution in [2.24, 2.45) is 0 Å². The van der Waals surface area contributed by atoms with Crippen LogP contribution in [0.1, 0.15) is 9.67 Å². The number of carbonyl (C=O) groups excluding carboxylic acids is 1. The van der Waals surface area contributed by atoms with Crippen molar-refractivity contribution in [2.75, 3.05) is 18.7 Å². The van der Waals surface area contributed by atoms with E-state index < -0.39 is 0 Å². The molecule has 0 spiro atoms. The minimum absolute atomic E-state index is 0.214. The molecule has 0 atom stereocenters. The quantitative estimate of drug-likeness (QED) is 0.694. The smallest absolute Gasteiger partial charge is 0.269 e. The summed E-state index contributed by atoms with van der Waals surface area (Å²) in [6.07, 6.45) is 2.00. The molecule has 5 nitrogen and oxygen atoms in total. The van der Waals surface area contributed by atoms with Crippen LogP contribution in [0.25, 0.3) is 11.3 Å². The standard InChI is InChI=1S/C17H15N3O2S2/c1-22-13-8-6-11(7-9-13)15-16(24-20-19-15)17(21)18-12-4-3-5-14(10-12)23-2/h3-10H,1-2H3,(H,18,21). The molecule has 0 aliphatic carbocycles. The minimum Gasteiger partial charge on any atom is -0.497 e. The molecule has 0 unspecified atom stereocenters. The van der Waals surface area contributed by atoms with Gasteiger partial charge in [-0.25, -0.2) is 0 Å². The number of thioether (sulfide) groups is 1. The highest BCUT2D eigenvalue weighted by atomic mass is 32.2. The lowest BCUT2D eigenvalue weighted by Gasteiger charge is -2.06. The summed E-state index contributed by atoms with van der Waals surface area (Å²) < 4.78 is 9.08. The Kier molecular flexibility index (Phi) is 5.12. The fourth-order valence-electron chi connectivity index (χ4n) is 2.17. The molecule has 0 bridgehead atoms. The van der Waals surface area contributed by atoms with Gasteiger partial charge in [-0.1, -0.05) is 10.6 Å². The number of methoxy groups -OCH3 is 1. The van der Waals surface area contributed by atoms with E-state index in [1.807, 2.05) is 54.8 Å². The first kappa shape index (κ1) is 16.5. The van der Waals surface area contributed by atoms with Crippen molar-refractivity contribution in [2.45, 2.75) is 4.90 Å². The van der Waals surface area contributed by atoms with Gasteiger partial charge < -0.3 is 10.1 Å². The van der Waals surface area contributed by atoms with E-state index in [0.717, 1.165) is 33.4 Å². The van der Waals surface area contributed by atoms with Gasteiger partial charge >= 0.3 is 0 Å². The molecule has 24 heavy (non-hydrogen) atoms. The van der Waals surface area contributed by atoms with E-state index >= 15 is 0 Å². The fourth-order valence-corrected chi connectivity index (χ4v) is 3.21. The molecule has 0 aliphatic rings. The number of nitrogens with one attached hydrogen (secondary N) is 1. The zero-order valence-corrected chi connectivity index (χ0v) is 14.8. The molecule has 0 saturated carbocycles. The number of hydrogen-bond donors (Lipinski definition) is 1. The topological polar surface area (TPSA) is 64.1 Å². The zero-order valence-electron chi connectivity index (χ0n) is 13.1. The summed E-state index contributed by atoms with van der Waals surface area (Å²) in [6, 6.07) is 15.1. The number of ether oxygens (including phenoxy) is 1. The highest BCUT2D eigenvalue weighted by Gasteiger charge is 2.18. The number of nitrogens with zero attached hydrogens (tertiary/aromatic N) is 2. The monoisotopic (exact) mass is 357 g/mol. The van der Waals surface area contributed by atoms with Crippen molar-refractivity contribution in [1.29, 1.82) is 0 Å². The fraction of sp³-hybridized carbons (Fsp3) is 0.118. The Morgan fingerprint density at radius 1 is 1.21 bits per heavy atom. The van der Waals surface area contributed by atoms with Gasteiger partial charge in [-0.15, -0.1) is 16.9 Å². The maximum Gasteiger partial charge on any atom is 0.269 e. The number of hydrogen-bond acceptors (Lipinski definition) is 6. The van der Waals surface area contributed by atoms with Crippen molar-refractivity contribution in [3.8, 4) is 17.0 Å². The van der Waals surface area contributed by atoms with E-state index in [2.05, 4.69) is 14.9 Å². The van der Waals surface area contributed by atoms with E-state index in [4.69, 9.17) is 4.74 Å². The summed E-state index contributed by atoms with van der Waals surface area (Å²) >= 11 is 2.71. The predicted octanol–water partition coefficient (Wildman–Crippen LogP) is 4.19. The minimum atomic E-state index is -0.214. The molecule has 1 amide bonds. The molecular formula is C17H15N3O2S2. The molecular weight excluding hydrogens is 342 g/mol. The van der Waals surface area contributed by atoms with Crippen LogP contribution in [-0.4, -0.2) is 28.9 Å². The van der Waals surface area contributed by atoms with Crippen molar-refractivity contribution in [1.82, 2.24) is 9.59 Å². The Bertz CT molecular complexity index is 847. The first-order valence-corrected chi connectivity index (χ1v) is 9.13. The summed E-state index contributed by atoms with van der Waals surface area (Å²) in [4.78, 5) is 14.1. The SMILES string of the molecule is COc1ccc(-c2nnsc2C(=O)Nc2cccc(SC)c2)cc1. The van der Waals surface area contributed by atoms with Crippen molar-refractivity contribution >= 4 is 34.9 Å². The van der Waals surface area contributed by atoms with Gasteiger partial charge in [0.1, 0.15) is 16.3 Å². The number of amides is 1. The molecule has 1 N–H and O–H groups in total. The van der Waals surface area contributed by atoms with E-state index in [1.54, 1.807) is 18.9 Å². The van der Waals surface area contributed by atoms with Crippen LogP contribution in [-0.2, 0) is 0 Å². The van der Waals surface area contributed by atoms with Gasteiger partial charge in [-0.3, -0.25) is 4.79 Å². The third kappa shape index (κ3) is 3.58. The highest BCUT2D eigenvalue weighted by Crippen LogP contribution is 2.27. The third-order valence-electron chi connectivity index (χ3n) is 3.39. The Hall–Kier alpha value is -2.38. The van der Waals surface area contributed by atoms with Gasteiger partial charge in [0.2, 0.25) is 0 Å². The Morgan fingerprint density at radius 3 is 2.71 bits per heavy atom. The van der Waals surface area contributed by atoms with E-state index in [0.29, 0.717) is 10.6 Å². The maximum atomic E-state index is 12.6. The molecule has 0 radical (unpaired) electrons. The van der Waals surface area contributed by atoms with Crippen LogP contribution < -0.4 is 10.1 Å². The summed E-state index contributed by atoms with van der Waals surface area (Å²) in [6.45, 7) is 0. The Balaban J connectivity index is 1.84. The molecule has 0 fully saturated rings. The van der Waals surface area contributed by atoms with Crippen molar-refractivity contribution in [3.05, 3.63) is 53.4 Å². The molecule has 1 heterocycles. The maximum absolute atomic E-state index is 12.6. The number of anilines is 1. The Morgan fingerprint density at radius 2 is 2.00 bits per heavy atom. The number of benzene rings is 2. The lowest BCUT2D eigenvalue weighted by molar-refractivity contribution is 0.103. The summed E-state index contributed by atoms with van der Waals surface area (Å²) in [5, 5.41) is 7.01. The molecule has 3 aromatic rings. The van der Waals surface area contributed by atoms with Crippen LogP contribution in [0.5, 0.6) is 5.75 Å². The number of carbonyl (C=O) groups is 1. The van der Waals surface area contributed by atoms with E-state index in [1.165, 1.54) is 0 Å². The zero-order chi connectivity index (χ0) is 16.9. The first-order chi connectivity index (χ1) is 11.7. The van der Waals surface area contributed by atoms with Crippen LogP contribution in [0.2, 0.25) is 0 Å². The second-order valence-corrected chi connectivity index (χ2v) is 6.50. The summed E-state index contributed by atoms with van der Waals surface area (Å²) in [5.41, 5.74) is 2.15. The van der Waals surface area contributed by atoms with Crippen LogP contribution >= 0.6 is 23.3 Å². The van der Waals surface area contributed by atoms with Crippen LogP contribution in [0.4, 0.5) is 5.69 Å². The van der Waals surface area contributed by atoms with Gasteiger partial charge in [0.15, 0.2) is 0 Å². The summed E-state index contributed by atoms with van der Waals surface area (Å²) in [5.74, 6) is 0.538. The van der Waals surface area contributed by atoms with E-state index in [-0.39, 0.29) is 5.91 Å². The van der Waals surface area contributed by atoms with Crippen LogP contribution in [0.3, 0.4) is 0 Å². The van der Waals surface area contributed by atoms with Crippen LogP contribution in [0.15, 0.2) is 53.4 Å². The van der Waals surface area contributed by atoms with Gasteiger partial charge in [0.05, 0.1) is 7.11 Å². The van der Waals surface area contributed by atoms with Gasteiger partial charge in [0, 0.05) is 16.1 Å². The molecule has 122 valence electrons. The Labute approximate surface area is 148 Å². The van der Waals surface area contributed by atoms with Gasteiger partial charge in [-0.05, 0) is 60.3 Å². The normalized spacial score (nSPS) is 10.4. The molecule has 0 saturated heterocycles.